The van der Waals surface area contributed by atoms with E-state index >= 15 is 0 Å². The largest absolute Gasteiger partial charge is 0.348 e. The first-order chi connectivity index (χ1) is 12.9. The van der Waals surface area contributed by atoms with Crippen LogP contribution in [0.5, 0.6) is 0 Å². The molecule has 0 aliphatic heterocycles. The Balaban J connectivity index is 2.40. The van der Waals surface area contributed by atoms with Gasteiger partial charge >= 0.3 is 0 Å². The molecule has 0 spiro atoms. The summed E-state index contributed by atoms with van der Waals surface area (Å²) in [5.41, 5.74) is 4.62. The summed E-state index contributed by atoms with van der Waals surface area (Å²) in [6, 6.07) is 7.49. The van der Waals surface area contributed by atoms with Gasteiger partial charge in [0, 0.05) is 29.7 Å². The topological polar surface area (TPSA) is 51.1 Å². The van der Waals surface area contributed by atoms with E-state index < -0.39 is 0 Å². The van der Waals surface area contributed by atoms with Crippen LogP contribution in [0.25, 0.3) is 0 Å². The lowest BCUT2D eigenvalue weighted by atomic mass is 10.1. The highest BCUT2D eigenvalue weighted by atomic mass is 16.2. The van der Waals surface area contributed by atoms with Crippen LogP contribution in [0.1, 0.15) is 72.4 Å². The van der Waals surface area contributed by atoms with Crippen molar-refractivity contribution in [2.45, 2.75) is 73.3 Å². The number of unbranched alkanes of at least 4 members (excludes halogenated alkanes) is 3. The molecule has 0 radical (unpaired) electrons. The number of amides is 1. The summed E-state index contributed by atoms with van der Waals surface area (Å²) in [7, 11) is 0. The highest BCUT2D eigenvalue weighted by molar-refractivity contribution is 6.05. The number of carbonyl (C=O) groups is 1. The number of rotatable bonds is 8. The molecule has 2 aromatic rings. The Morgan fingerprint density at radius 1 is 1.04 bits per heavy atom. The first kappa shape index (κ1) is 20.9. The molecular formula is C23H32N2O2. The molecule has 0 fully saturated rings. The van der Waals surface area contributed by atoms with Crippen LogP contribution in [0.15, 0.2) is 29.1 Å². The number of hydrogen-bond donors (Lipinski definition) is 1. The number of hydrogen-bond acceptors (Lipinski definition) is 2. The maximum atomic E-state index is 13.0. The number of carbonyl (C=O) groups excluding carboxylic acids is 1. The second-order valence-corrected chi connectivity index (χ2v) is 7.26. The van der Waals surface area contributed by atoms with Crippen LogP contribution >= 0.6 is 0 Å². The third-order valence-corrected chi connectivity index (χ3v) is 5.14. The highest BCUT2D eigenvalue weighted by Crippen LogP contribution is 2.21. The summed E-state index contributed by atoms with van der Waals surface area (Å²) in [5, 5.41) is 2.98. The van der Waals surface area contributed by atoms with Gasteiger partial charge in [-0.05, 0) is 44.7 Å². The monoisotopic (exact) mass is 368 g/mol. The molecular weight excluding hydrogens is 336 g/mol. The maximum absolute atomic E-state index is 13.0. The van der Waals surface area contributed by atoms with E-state index in [2.05, 4.69) is 16.8 Å². The lowest BCUT2D eigenvalue weighted by molar-refractivity contribution is 0.102. The standard InChI is InChI=1S/C23H32N2O2/c1-6-8-9-10-14-25-18(5)15-20(26)21(19(25)7-2)23(27)24-22-16(3)12-11-13-17(22)4/h11-13,15H,6-10,14H2,1-5H3,(H,24,27). The minimum atomic E-state index is -0.309. The second-order valence-electron chi connectivity index (χ2n) is 7.26. The zero-order valence-electron chi connectivity index (χ0n) is 17.3. The molecule has 0 aliphatic carbocycles. The molecule has 27 heavy (non-hydrogen) atoms. The zero-order valence-corrected chi connectivity index (χ0v) is 17.3. The summed E-state index contributed by atoms with van der Waals surface area (Å²) >= 11 is 0. The predicted octanol–water partition coefficient (Wildman–Crippen LogP) is 5.17. The number of benzene rings is 1. The van der Waals surface area contributed by atoms with Crippen LogP contribution < -0.4 is 10.7 Å². The van der Waals surface area contributed by atoms with Crippen LogP contribution in [-0.2, 0) is 13.0 Å². The van der Waals surface area contributed by atoms with Gasteiger partial charge in [0.05, 0.1) is 0 Å². The lowest BCUT2D eigenvalue weighted by Crippen LogP contribution is -2.28. The van der Waals surface area contributed by atoms with E-state index in [0.29, 0.717) is 6.42 Å². The fourth-order valence-electron chi connectivity index (χ4n) is 3.64. The molecule has 146 valence electrons. The average molecular weight is 369 g/mol. The van der Waals surface area contributed by atoms with E-state index in [-0.39, 0.29) is 16.9 Å². The Bertz CT molecular complexity index is 845. The Hall–Kier alpha value is -2.36. The summed E-state index contributed by atoms with van der Waals surface area (Å²) in [4.78, 5) is 25.7. The first-order valence-electron chi connectivity index (χ1n) is 10.0. The molecule has 4 heteroatoms. The number of pyridine rings is 1. The molecule has 1 amide bonds. The van der Waals surface area contributed by atoms with Crippen molar-refractivity contribution >= 4 is 11.6 Å². The number of anilines is 1. The van der Waals surface area contributed by atoms with Crippen molar-refractivity contribution in [1.82, 2.24) is 4.57 Å². The predicted molar refractivity (Wildman–Crippen MR) is 113 cm³/mol. The van der Waals surface area contributed by atoms with Crippen molar-refractivity contribution in [1.29, 1.82) is 0 Å². The Morgan fingerprint density at radius 3 is 2.30 bits per heavy atom. The van der Waals surface area contributed by atoms with Gasteiger partial charge in [0.2, 0.25) is 0 Å². The average Bonchev–Trinajstić information content (AvgIpc) is 2.62. The number of nitrogens with zero attached hydrogens (tertiary/aromatic N) is 1. The molecule has 1 aromatic carbocycles. The van der Waals surface area contributed by atoms with Gasteiger partial charge < -0.3 is 9.88 Å². The summed E-state index contributed by atoms with van der Waals surface area (Å²) < 4.78 is 2.15. The lowest BCUT2D eigenvalue weighted by Gasteiger charge is -2.20. The van der Waals surface area contributed by atoms with Gasteiger partial charge in [0.15, 0.2) is 5.43 Å². The number of aromatic nitrogens is 1. The normalized spacial score (nSPS) is 10.9. The molecule has 0 saturated heterocycles. The van der Waals surface area contributed by atoms with E-state index in [4.69, 9.17) is 0 Å². The molecule has 2 rings (SSSR count). The molecule has 0 aliphatic rings. The van der Waals surface area contributed by atoms with Gasteiger partial charge in [-0.25, -0.2) is 0 Å². The Kier molecular flexibility index (Phi) is 7.40. The third kappa shape index (κ3) is 4.88. The Morgan fingerprint density at radius 2 is 1.70 bits per heavy atom. The minimum absolute atomic E-state index is 0.196. The van der Waals surface area contributed by atoms with E-state index in [1.165, 1.54) is 12.8 Å². The molecule has 0 bridgehead atoms. The van der Waals surface area contributed by atoms with Crippen molar-refractivity contribution in [2.75, 3.05) is 5.32 Å². The van der Waals surface area contributed by atoms with Crippen LogP contribution in [0, 0.1) is 20.8 Å². The van der Waals surface area contributed by atoms with Gasteiger partial charge in [-0.1, -0.05) is 51.3 Å². The number of para-hydroxylation sites is 1. The molecule has 4 nitrogen and oxygen atoms in total. The highest BCUT2D eigenvalue weighted by Gasteiger charge is 2.20. The summed E-state index contributed by atoms with van der Waals surface area (Å²) in [5.74, 6) is -0.309. The van der Waals surface area contributed by atoms with Crippen LogP contribution in [0.4, 0.5) is 5.69 Å². The minimum Gasteiger partial charge on any atom is -0.348 e. The maximum Gasteiger partial charge on any atom is 0.261 e. The molecule has 0 atom stereocenters. The summed E-state index contributed by atoms with van der Waals surface area (Å²) in [6.07, 6.45) is 5.27. The molecule has 0 unspecified atom stereocenters. The van der Waals surface area contributed by atoms with Crippen LogP contribution in [0.2, 0.25) is 0 Å². The molecule has 1 N–H and O–H groups in total. The number of aryl methyl sites for hydroxylation is 3. The second kappa shape index (κ2) is 9.54. The number of nitrogens with one attached hydrogen (secondary N) is 1. The van der Waals surface area contributed by atoms with E-state index in [0.717, 1.165) is 47.6 Å². The van der Waals surface area contributed by atoms with E-state index in [9.17, 15) is 9.59 Å². The SMILES string of the molecule is CCCCCCn1c(C)cc(=O)c(C(=O)Nc2c(C)cccc2C)c1CC. The van der Waals surface area contributed by atoms with Crippen molar-refractivity contribution in [3.05, 3.63) is 62.6 Å². The molecule has 1 heterocycles. The quantitative estimate of drug-likeness (QED) is 0.654. The van der Waals surface area contributed by atoms with Crippen molar-refractivity contribution in [2.24, 2.45) is 0 Å². The first-order valence-corrected chi connectivity index (χ1v) is 10.0. The van der Waals surface area contributed by atoms with Gasteiger partial charge in [-0.15, -0.1) is 0 Å². The summed E-state index contributed by atoms with van der Waals surface area (Å²) in [6.45, 7) is 10.9. The van der Waals surface area contributed by atoms with Crippen LogP contribution in [0.3, 0.4) is 0 Å². The molecule has 1 aromatic heterocycles. The van der Waals surface area contributed by atoms with Crippen LogP contribution in [-0.4, -0.2) is 10.5 Å². The smallest absolute Gasteiger partial charge is 0.261 e. The van der Waals surface area contributed by atoms with Gasteiger partial charge in [-0.2, -0.15) is 0 Å². The Labute approximate surface area is 162 Å². The fraction of sp³-hybridized carbons (Fsp3) is 0.478. The van der Waals surface area contributed by atoms with Crippen molar-refractivity contribution < 1.29 is 4.79 Å². The van der Waals surface area contributed by atoms with Crippen molar-refractivity contribution in [3.8, 4) is 0 Å². The van der Waals surface area contributed by atoms with E-state index in [1.54, 1.807) is 6.07 Å². The van der Waals surface area contributed by atoms with Crippen molar-refractivity contribution in [3.63, 3.8) is 0 Å². The van der Waals surface area contributed by atoms with Gasteiger partial charge in [0.25, 0.3) is 5.91 Å². The fourth-order valence-corrected chi connectivity index (χ4v) is 3.64. The zero-order chi connectivity index (χ0) is 20.0. The van der Waals surface area contributed by atoms with Gasteiger partial charge in [0.1, 0.15) is 5.56 Å². The van der Waals surface area contributed by atoms with Gasteiger partial charge in [-0.3, -0.25) is 9.59 Å². The molecule has 0 saturated carbocycles. The third-order valence-electron chi connectivity index (χ3n) is 5.14. The van der Waals surface area contributed by atoms with E-state index in [1.807, 2.05) is 45.9 Å².